The highest BCUT2D eigenvalue weighted by Gasteiger charge is 2.12. The van der Waals surface area contributed by atoms with E-state index in [-0.39, 0.29) is 18.9 Å². The van der Waals surface area contributed by atoms with E-state index in [1.165, 1.54) is 11.8 Å². The molecule has 0 unspecified atom stereocenters. The third kappa shape index (κ3) is 6.96. The molecule has 1 aromatic rings. The molecule has 0 atom stereocenters. The van der Waals surface area contributed by atoms with Crippen molar-refractivity contribution in [3.8, 4) is 0 Å². The molecule has 0 fully saturated rings. The number of ether oxygens (including phenoxy) is 2. The van der Waals surface area contributed by atoms with E-state index >= 15 is 0 Å². The number of thioether (sulfide) groups is 1. The molecule has 0 aliphatic carbocycles. The van der Waals surface area contributed by atoms with Crippen LogP contribution < -0.4 is 5.32 Å². The van der Waals surface area contributed by atoms with Crippen LogP contribution in [0.15, 0.2) is 5.16 Å². The molecular weight excluding hydrogens is 318 g/mol. The molecule has 8 heteroatoms. The van der Waals surface area contributed by atoms with Gasteiger partial charge in [-0.2, -0.15) is 0 Å². The van der Waals surface area contributed by atoms with Gasteiger partial charge < -0.3 is 14.8 Å². The third-order valence-electron chi connectivity index (χ3n) is 3.15. The summed E-state index contributed by atoms with van der Waals surface area (Å²) < 4.78 is 9.75. The highest BCUT2D eigenvalue weighted by Crippen LogP contribution is 2.17. The number of hydrogen-bond donors (Lipinski definition) is 1. The molecule has 23 heavy (non-hydrogen) atoms. The fourth-order valence-corrected chi connectivity index (χ4v) is 2.41. The predicted molar refractivity (Wildman–Crippen MR) is 87.5 cm³/mol. The third-order valence-corrected chi connectivity index (χ3v) is 3.70. The first-order valence-corrected chi connectivity index (χ1v) is 8.49. The number of methoxy groups -OCH3 is 1. The van der Waals surface area contributed by atoms with Crippen LogP contribution in [-0.4, -0.2) is 55.0 Å². The molecular formula is C15H23N3O4S. The van der Waals surface area contributed by atoms with Crippen LogP contribution >= 0.6 is 11.8 Å². The van der Waals surface area contributed by atoms with Crippen molar-refractivity contribution in [1.82, 2.24) is 15.3 Å². The average Bonchev–Trinajstić information content (AvgIpc) is 2.52. The first-order chi connectivity index (χ1) is 11.0. The summed E-state index contributed by atoms with van der Waals surface area (Å²) >= 11 is 1.48. The summed E-state index contributed by atoms with van der Waals surface area (Å²) in [4.78, 5) is 31.9. The summed E-state index contributed by atoms with van der Waals surface area (Å²) in [5.74, 6) is -0.755. The molecule has 0 aliphatic heterocycles. The molecule has 0 spiro atoms. The van der Waals surface area contributed by atoms with Crippen LogP contribution in [0.2, 0.25) is 0 Å². The molecule has 0 saturated carbocycles. The van der Waals surface area contributed by atoms with E-state index in [2.05, 4.69) is 15.3 Å². The van der Waals surface area contributed by atoms with Crippen molar-refractivity contribution in [3.05, 3.63) is 17.0 Å². The van der Waals surface area contributed by atoms with Crippen LogP contribution in [0.4, 0.5) is 0 Å². The molecule has 1 aromatic heterocycles. The van der Waals surface area contributed by atoms with Crippen molar-refractivity contribution >= 4 is 23.6 Å². The highest BCUT2D eigenvalue weighted by atomic mass is 32.2. The lowest BCUT2D eigenvalue weighted by Gasteiger charge is -2.10. The van der Waals surface area contributed by atoms with E-state index in [4.69, 9.17) is 9.47 Å². The van der Waals surface area contributed by atoms with Gasteiger partial charge >= 0.3 is 5.97 Å². The number of hydrogen-bond acceptors (Lipinski definition) is 7. The predicted octanol–water partition coefficient (Wildman–Crippen LogP) is 1.05. The monoisotopic (exact) mass is 341 g/mol. The summed E-state index contributed by atoms with van der Waals surface area (Å²) in [5.41, 5.74) is 2.68. The van der Waals surface area contributed by atoms with Crippen LogP contribution in [0, 0.1) is 13.8 Å². The number of amides is 1. The number of carbonyl (C=O) groups excluding carboxylic acids is 2. The Labute approximate surface area is 140 Å². The van der Waals surface area contributed by atoms with Gasteiger partial charge in [0.1, 0.15) is 0 Å². The van der Waals surface area contributed by atoms with Crippen molar-refractivity contribution in [2.75, 3.05) is 33.1 Å². The lowest BCUT2D eigenvalue weighted by atomic mass is 10.1. The Morgan fingerprint density at radius 2 is 1.87 bits per heavy atom. The number of rotatable bonds is 9. The maximum Gasteiger partial charge on any atom is 0.306 e. The number of nitrogens with zero attached hydrogens (tertiary/aromatic N) is 2. The summed E-state index contributed by atoms with van der Waals surface area (Å²) in [7, 11) is 1.55. The first kappa shape index (κ1) is 19.4. The largest absolute Gasteiger partial charge is 0.456 e. The maximum absolute atomic E-state index is 11.7. The minimum atomic E-state index is -0.417. The summed E-state index contributed by atoms with van der Waals surface area (Å²) in [6, 6.07) is 0. The Balaban J connectivity index is 2.40. The van der Waals surface area contributed by atoms with E-state index in [9.17, 15) is 9.59 Å². The van der Waals surface area contributed by atoms with Gasteiger partial charge in [-0.3, -0.25) is 9.59 Å². The summed E-state index contributed by atoms with van der Waals surface area (Å²) in [6.45, 7) is 4.34. The number of aromatic nitrogens is 2. The lowest BCUT2D eigenvalue weighted by Crippen LogP contribution is -2.31. The van der Waals surface area contributed by atoms with Gasteiger partial charge in [0.2, 0.25) is 0 Å². The highest BCUT2D eigenvalue weighted by molar-refractivity contribution is 7.98. The normalized spacial score (nSPS) is 10.4. The van der Waals surface area contributed by atoms with Crippen molar-refractivity contribution < 1.29 is 19.1 Å². The second-order valence-corrected chi connectivity index (χ2v) is 5.64. The van der Waals surface area contributed by atoms with Gasteiger partial charge in [-0.15, -0.1) is 0 Å². The van der Waals surface area contributed by atoms with Gasteiger partial charge in [0.05, 0.1) is 6.61 Å². The molecule has 0 bridgehead atoms. The molecule has 7 nitrogen and oxygen atoms in total. The van der Waals surface area contributed by atoms with E-state index < -0.39 is 5.97 Å². The average molecular weight is 341 g/mol. The molecule has 0 saturated heterocycles. The van der Waals surface area contributed by atoms with Crippen LogP contribution in [0.1, 0.15) is 23.4 Å². The van der Waals surface area contributed by atoms with Gasteiger partial charge in [-0.1, -0.05) is 11.8 Å². The van der Waals surface area contributed by atoms with Crippen LogP contribution in [0.25, 0.3) is 0 Å². The van der Waals surface area contributed by atoms with Gasteiger partial charge in [0.15, 0.2) is 11.8 Å². The van der Waals surface area contributed by atoms with E-state index in [1.54, 1.807) is 7.11 Å². The Kier molecular flexibility index (Phi) is 8.57. The second-order valence-electron chi connectivity index (χ2n) is 4.86. The number of nitrogens with one attached hydrogen (secondary N) is 1. The minimum Gasteiger partial charge on any atom is -0.456 e. The lowest BCUT2D eigenvalue weighted by molar-refractivity contribution is -0.148. The Bertz CT molecular complexity index is 529. The number of carbonyl (C=O) groups is 2. The van der Waals surface area contributed by atoms with Crippen molar-refractivity contribution in [2.45, 2.75) is 31.8 Å². The topological polar surface area (TPSA) is 90.4 Å². The van der Waals surface area contributed by atoms with Crippen LogP contribution in [0.5, 0.6) is 0 Å². The smallest absolute Gasteiger partial charge is 0.306 e. The number of esters is 1. The zero-order valence-corrected chi connectivity index (χ0v) is 14.8. The first-order valence-electron chi connectivity index (χ1n) is 7.27. The summed E-state index contributed by atoms with van der Waals surface area (Å²) in [5, 5.41) is 3.30. The maximum atomic E-state index is 11.7. The molecule has 0 aromatic carbocycles. The van der Waals surface area contributed by atoms with Crippen molar-refractivity contribution in [2.24, 2.45) is 0 Å². The van der Waals surface area contributed by atoms with Gasteiger partial charge in [0.25, 0.3) is 5.91 Å². The molecule has 1 amide bonds. The Morgan fingerprint density at radius 3 is 2.43 bits per heavy atom. The SMILES string of the molecule is COCCNC(=O)COC(=O)CCc1c(C)nc(SC)nc1C. The van der Waals surface area contributed by atoms with Crippen molar-refractivity contribution in [1.29, 1.82) is 0 Å². The zero-order chi connectivity index (χ0) is 17.2. The second kappa shape index (κ2) is 10.2. The summed E-state index contributed by atoms with van der Waals surface area (Å²) in [6.07, 6.45) is 2.61. The zero-order valence-electron chi connectivity index (χ0n) is 14.0. The Hall–Kier alpha value is -1.67. The van der Waals surface area contributed by atoms with Crippen LogP contribution in [0.3, 0.4) is 0 Å². The molecule has 1 N–H and O–H groups in total. The van der Waals surface area contributed by atoms with E-state index in [1.807, 2.05) is 20.1 Å². The quantitative estimate of drug-likeness (QED) is 0.311. The van der Waals surface area contributed by atoms with Gasteiger partial charge in [-0.05, 0) is 32.1 Å². The van der Waals surface area contributed by atoms with Crippen molar-refractivity contribution in [3.63, 3.8) is 0 Å². The molecule has 0 radical (unpaired) electrons. The van der Waals surface area contributed by atoms with E-state index in [0.29, 0.717) is 19.6 Å². The van der Waals surface area contributed by atoms with E-state index in [0.717, 1.165) is 22.1 Å². The fourth-order valence-electron chi connectivity index (χ4n) is 1.95. The minimum absolute atomic E-state index is 0.189. The molecule has 1 rings (SSSR count). The fraction of sp³-hybridized carbons (Fsp3) is 0.600. The van der Waals surface area contributed by atoms with Crippen LogP contribution in [-0.2, 0) is 25.5 Å². The molecule has 0 aliphatic rings. The van der Waals surface area contributed by atoms with Gasteiger partial charge in [-0.25, -0.2) is 9.97 Å². The standard InChI is InChI=1S/C15H23N3O4S/c1-10-12(11(2)18-15(17-10)23-4)5-6-14(20)22-9-13(19)16-7-8-21-3/h5-9H2,1-4H3,(H,16,19). The number of aryl methyl sites for hydroxylation is 2. The Morgan fingerprint density at radius 1 is 1.22 bits per heavy atom. The molecule has 1 heterocycles. The van der Waals surface area contributed by atoms with Gasteiger partial charge in [0, 0.05) is 31.5 Å². The molecule has 128 valence electrons.